The van der Waals surface area contributed by atoms with Gasteiger partial charge in [-0.3, -0.25) is 4.79 Å². The van der Waals surface area contributed by atoms with Gasteiger partial charge in [-0.25, -0.2) is 9.97 Å². The summed E-state index contributed by atoms with van der Waals surface area (Å²) in [6.45, 7) is 4.78. The van der Waals surface area contributed by atoms with Gasteiger partial charge in [0.25, 0.3) is 5.91 Å². The molecule has 1 aliphatic heterocycles. The van der Waals surface area contributed by atoms with E-state index < -0.39 is 0 Å². The molecule has 0 radical (unpaired) electrons. The molecule has 1 N–H and O–H groups in total. The fourth-order valence-corrected chi connectivity index (χ4v) is 2.56. The van der Waals surface area contributed by atoms with Crippen LogP contribution in [-0.2, 0) is 0 Å². The molecular formula is C16H26N4O. The minimum atomic E-state index is 0.0643. The van der Waals surface area contributed by atoms with E-state index >= 15 is 0 Å². The molecule has 1 amide bonds. The lowest BCUT2D eigenvalue weighted by Crippen LogP contribution is -2.32. The van der Waals surface area contributed by atoms with Crippen molar-refractivity contribution in [3.05, 3.63) is 18.0 Å². The van der Waals surface area contributed by atoms with Crippen molar-refractivity contribution >= 4 is 11.9 Å². The van der Waals surface area contributed by atoms with Crippen LogP contribution in [0.5, 0.6) is 0 Å². The topological polar surface area (TPSA) is 58.1 Å². The number of aromatic nitrogens is 2. The molecule has 2 heterocycles. The van der Waals surface area contributed by atoms with Gasteiger partial charge in [0.1, 0.15) is 0 Å². The van der Waals surface area contributed by atoms with Gasteiger partial charge in [-0.15, -0.1) is 0 Å². The highest BCUT2D eigenvalue weighted by atomic mass is 16.2. The Morgan fingerprint density at radius 1 is 1.14 bits per heavy atom. The van der Waals surface area contributed by atoms with Crippen molar-refractivity contribution in [1.82, 2.24) is 14.9 Å². The lowest BCUT2D eigenvalue weighted by molar-refractivity contribution is 0.0761. The zero-order chi connectivity index (χ0) is 14.9. The minimum Gasteiger partial charge on any atom is -0.354 e. The summed E-state index contributed by atoms with van der Waals surface area (Å²) >= 11 is 0. The van der Waals surface area contributed by atoms with Gasteiger partial charge in [0.15, 0.2) is 0 Å². The Labute approximate surface area is 127 Å². The molecule has 116 valence electrons. The number of rotatable bonds is 6. The molecule has 1 aliphatic rings. The van der Waals surface area contributed by atoms with Crippen LogP contribution in [0.15, 0.2) is 12.4 Å². The predicted molar refractivity (Wildman–Crippen MR) is 84.4 cm³/mol. The monoisotopic (exact) mass is 290 g/mol. The molecule has 0 aliphatic carbocycles. The third-order valence-electron chi connectivity index (χ3n) is 3.86. The summed E-state index contributed by atoms with van der Waals surface area (Å²) in [6.07, 6.45) is 11.5. The first-order valence-electron chi connectivity index (χ1n) is 8.16. The van der Waals surface area contributed by atoms with Gasteiger partial charge in [-0.05, 0) is 19.3 Å². The van der Waals surface area contributed by atoms with E-state index in [-0.39, 0.29) is 5.91 Å². The predicted octanol–water partition coefficient (Wildman–Crippen LogP) is 3.09. The average molecular weight is 290 g/mol. The van der Waals surface area contributed by atoms with Crippen LogP contribution in [0.3, 0.4) is 0 Å². The van der Waals surface area contributed by atoms with E-state index in [1.54, 1.807) is 12.4 Å². The Hall–Kier alpha value is -1.65. The lowest BCUT2D eigenvalue weighted by atomic mass is 10.2. The first-order valence-corrected chi connectivity index (χ1v) is 8.16. The summed E-state index contributed by atoms with van der Waals surface area (Å²) in [4.78, 5) is 22.8. The molecule has 0 bridgehead atoms. The Balaban J connectivity index is 1.86. The molecular weight excluding hydrogens is 264 g/mol. The van der Waals surface area contributed by atoms with Crippen LogP contribution in [0, 0.1) is 0 Å². The van der Waals surface area contributed by atoms with Crippen molar-refractivity contribution < 1.29 is 4.79 Å². The van der Waals surface area contributed by atoms with E-state index in [4.69, 9.17) is 0 Å². The Morgan fingerprint density at radius 3 is 2.43 bits per heavy atom. The van der Waals surface area contributed by atoms with Crippen LogP contribution >= 0.6 is 0 Å². The van der Waals surface area contributed by atoms with E-state index in [0.29, 0.717) is 11.5 Å². The molecule has 2 rings (SSSR count). The van der Waals surface area contributed by atoms with Crippen LogP contribution in [0.4, 0.5) is 5.95 Å². The standard InChI is InChI=1S/C16H26N4O/c1-2-3-6-9-17-16-18-12-14(13-19-16)15(21)20-10-7-4-5-8-11-20/h12-13H,2-11H2,1H3,(H,17,18,19). The zero-order valence-electron chi connectivity index (χ0n) is 13.0. The quantitative estimate of drug-likeness (QED) is 0.818. The highest BCUT2D eigenvalue weighted by Crippen LogP contribution is 2.13. The zero-order valence-corrected chi connectivity index (χ0v) is 13.0. The van der Waals surface area contributed by atoms with E-state index in [9.17, 15) is 4.79 Å². The van der Waals surface area contributed by atoms with Crippen molar-refractivity contribution in [1.29, 1.82) is 0 Å². The molecule has 5 nitrogen and oxygen atoms in total. The van der Waals surface area contributed by atoms with Gasteiger partial charge in [0.2, 0.25) is 5.95 Å². The number of unbranched alkanes of at least 4 members (excludes halogenated alkanes) is 2. The van der Waals surface area contributed by atoms with Crippen molar-refractivity contribution in [2.45, 2.75) is 51.9 Å². The molecule has 5 heteroatoms. The summed E-state index contributed by atoms with van der Waals surface area (Å²) in [7, 11) is 0. The van der Waals surface area contributed by atoms with E-state index in [0.717, 1.165) is 38.9 Å². The number of nitrogens with zero attached hydrogens (tertiary/aromatic N) is 3. The maximum Gasteiger partial charge on any atom is 0.256 e. The molecule has 1 aromatic rings. The largest absolute Gasteiger partial charge is 0.354 e. The Morgan fingerprint density at radius 2 is 1.81 bits per heavy atom. The van der Waals surface area contributed by atoms with Gasteiger partial charge >= 0.3 is 0 Å². The molecule has 1 fully saturated rings. The molecule has 0 unspecified atom stereocenters. The highest BCUT2D eigenvalue weighted by molar-refractivity contribution is 5.93. The fourth-order valence-electron chi connectivity index (χ4n) is 2.56. The second-order valence-electron chi connectivity index (χ2n) is 5.64. The van der Waals surface area contributed by atoms with Gasteiger partial charge in [0.05, 0.1) is 5.56 Å². The molecule has 0 spiro atoms. The first kappa shape index (κ1) is 15.7. The van der Waals surface area contributed by atoms with E-state index in [1.807, 2.05) is 4.90 Å². The van der Waals surface area contributed by atoms with Crippen molar-refractivity contribution in [3.63, 3.8) is 0 Å². The highest BCUT2D eigenvalue weighted by Gasteiger charge is 2.17. The molecule has 1 saturated heterocycles. The summed E-state index contributed by atoms with van der Waals surface area (Å²) in [5.41, 5.74) is 0.594. The molecule has 0 saturated carbocycles. The summed E-state index contributed by atoms with van der Waals surface area (Å²) < 4.78 is 0. The fraction of sp³-hybridized carbons (Fsp3) is 0.688. The van der Waals surface area contributed by atoms with Gasteiger partial charge in [0, 0.05) is 32.0 Å². The number of carbonyl (C=O) groups excluding carboxylic acids is 1. The number of anilines is 1. The van der Waals surface area contributed by atoms with Crippen LogP contribution in [0.1, 0.15) is 62.2 Å². The van der Waals surface area contributed by atoms with Crippen LogP contribution in [0.25, 0.3) is 0 Å². The number of carbonyl (C=O) groups is 1. The number of nitrogens with one attached hydrogen (secondary N) is 1. The third kappa shape index (κ3) is 4.99. The summed E-state index contributed by atoms with van der Waals surface area (Å²) in [5.74, 6) is 0.674. The van der Waals surface area contributed by atoms with Gasteiger partial charge < -0.3 is 10.2 Å². The maximum atomic E-state index is 12.4. The second kappa shape index (κ2) is 8.60. The molecule has 0 aromatic carbocycles. The summed E-state index contributed by atoms with van der Waals surface area (Å²) in [6, 6.07) is 0. The minimum absolute atomic E-state index is 0.0643. The van der Waals surface area contributed by atoms with Gasteiger partial charge in [-0.1, -0.05) is 32.6 Å². The van der Waals surface area contributed by atoms with E-state index in [2.05, 4.69) is 22.2 Å². The third-order valence-corrected chi connectivity index (χ3v) is 3.86. The average Bonchev–Trinajstić information content (AvgIpc) is 2.81. The molecule has 1 aromatic heterocycles. The SMILES string of the molecule is CCCCCNc1ncc(C(=O)N2CCCCCC2)cn1. The number of hydrogen-bond acceptors (Lipinski definition) is 4. The van der Waals surface area contributed by atoms with Crippen molar-refractivity contribution in [3.8, 4) is 0 Å². The lowest BCUT2D eigenvalue weighted by Gasteiger charge is -2.19. The number of amides is 1. The number of likely N-dealkylation sites (tertiary alicyclic amines) is 1. The second-order valence-corrected chi connectivity index (χ2v) is 5.64. The van der Waals surface area contributed by atoms with Crippen LogP contribution in [0.2, 0.25) is 0 Å². The van der Waals surface area contributed by atoms with Gasteiger partial charge in [-0.2, -0.15) is 0 Å². The van der Waals surface area contributed by atoms with Crippen molar-refractivity contribution in [2.24, 2.45) is 0 Å². The Kier molecular flexibility index (Phi) is 6.44. The summed E-state index contributed by atoms with van der Waals surface area (Å²) in [5, 5.41) is 3.19. The van der Waals surface area contributed by atoms with Crippen molar-refractivity contribution in [2.75, 3.05) is 25.0 Å². The normalized spacial score (nSPS) is 15.6. The van der Waals surface area contributed by atoms with Crippen LogP contribution < -0.4 is 5.32 Å². The molecule has 0 atom stereocenters. The Bertz CT molecular complexity index is 424. The van der Waals surface area contributed by atoms with E-state index in [1.165, 1.54) is 25.7 Å². The maximum absolute atomic E-state index is 12.4. The first-order chi connectivity index (χ1) is 10.3. The smallest absolute Gasteiger partial charge is 0.256 e. The molecule has 21 heavy (non-hydrogen) atoms. The number of hydrogen-bond donors (Lipinski definition) is 1. The van der Waals surface area contributed by atoms with Crippen LogP contribution in [-0.4, -0.2) is 40.4 Å².